The number of hydrogen-bond donors (Lipinski definition) is 5. The number of aliphatic hydroxyl groups is 4. The number of alkyl halides is 3. The Morgan fingerprint density at radius 3 is 2.38 bits per heavy atom. The first-order chi connectivity index (χ1) is 15.0. The molecule has 10 heteroatoms. The highest BCUT2D eigenvalue weighted by atomic mass is 19.4. The maximum Gasteiger partial charge on any atom is 0.418 e. The predicted octanol–water partition coefficient (Wildman–Crippen LogP) is 1.50. The summed E-state index contributed by atoms with van der Waals surface area (Å²) >= 11 is 0. The van der Waals surface area contributed by atoms with Crippen molar-refractivity contribution < 1.29 is 33.6 Å². The summed E-state index contributed by atoms with van der Waals surface area (Å²) in [5, 5.41) is 41.9. The molecule has 0 unspecified atom stereocenters. The van der Waals surface area contributed by atoms with Crippen molar-refractivity contribution in [3.05, 3.63) is 29.3 Å². The van der Waals surface area contributed by atoms with Crippen molar-refractivity contribution in [3.63, 3.8) is 0 Å². The Morgan fingerprint density at radius 2 is 1.75 bits per heavy atom. The van der Waals surface area contributed by atoms with Crippen LogP contribution in [0.2, 0.25) is 0 Å². The molecule has 1 aliphatic heterocycles. The standard InChI is InChI=1S/C22H36F3N3O4/c1-27(2)12-15-7-8-17(16(11-15)22(23,24)25)26-9-5-3-4-6-10-28-13-19(30)21(32)20(31)18(28)14-29/h7-8,11,18-21,26,29-32H,3-6,9-10,12-14H2,1-2H3/t18-,19+,20-,21-/m1/s1. The third-order valence-electron chi connectivity index (χ3n) is 5.79. The molecule has 0 saturated carbocycles. The molecule has 1 heterocycles. The van der Waals surface area contributed by atoms with Gasteiger partial charge in [0, 0.05) is 25.3 Å². The quantitative estimate of drug-likeness (QED) is 0.317. The molecule has 0 bridgehead atoms. The topological polar surface area (TPSA) is 99.4 Å². The maximum absolute atomic E-state index is 13.4. The number of hydrogen-bond acceptors (Lipinski definition) is 7. The van der Waals surface area contributed by atoms with E-state index < -0.39 is 36.1 Å². The maximum atomic E-state index is 13.4. The summed E-state index contributed by atoms with van der Waals surface area (Å²) in [4.78, 5) is 3.59. The Hall–Kier alpha value is -1.43. The lowest BCUT2D eigenvalue weighted by Gasteiger charge is -2.43. The average Bonchev–Trinajstić information content (AvgIpc) is 2.71. The van der Waals surface area contributed by atoms with Gasteiger partial charge in [0.1, 0.15) is 12.2 Å². The Labute approximate surface area is 187 Å². The number of nitrogens with zero attached hydrogens (tertiary/aromatic N) is 2. The van der Waals surface area contributed by atoms with E-state index in [0.717, 1.165) is 19.3 Å². The van der Waals surface area contributed by atoms with Gasteiger partial charge in [0.25, 0.3) is 0 Å². The van der Waals surface area contributed by atoms with E-state index >= 15 is 0 Å². The summed E-state index contributed by atoms with van der Waals surface area (Å²) in [7, 11) is 3.62. The Bertz CT molecular complexity index is 705. The van der Waals surface area contributed by atoms with E-state index in [4.69, 9.17) is 0 Å². The molecule has 0 aromatic heterocycles. The van der Waals surface area contributed by atoms with Crippen LogP contribution >= 0.6 is 0 Å². The number of rotatable bonds is 11. The number of anilines is 1. The first-order valence-corrected chi connectivity index (χ1v) is 11.0. The molecule has 0 radical (unpaired) electrons. The molecule has 0 spiro atoms. The number of likely N-dealkylation sites (tertiary alicyclic amines) is 1. The van der Waals surface area contributed by atoms with E-state index in [1.165, 1.54) is 12.1 Å². The van der Waals surface area contributed by atoms with Crippen LogP contribution in [0.3, 0.4) is 0 Å². The molecule has 184 valence electrons. The zero-order chi connectivity index (χ0) is 23.9. The number of β-amino-alcohol motifs (C(OH)–C–C–N with tert-alkyl or cyclic N) is 1. The number of benzene rings is 1. The van der Waals surface area contributed by atoms with Gasteiger partial charge in [-0.3, -0.25) is 4.90 Å². The molecule has 5 N–H and O–H groups in total. The van der Waals surface area contributed by atoms with Crippen molar-refractivity contribution >= 4 is 5.69 Å². The van der Waals surface area contributed by atoms with Gasteiger partial charge in [-0.25, -0.2) is 0 Å². The van der Waals surface area contributed by atoms with Crippen LogP contribution in [-0.2, 0) is 12.7 Å². The second-order valence-electron chi connectivity index (χ2n) is 8.75. The molecule has 1 aliphatic rings. The van der Waals surface area contributed by atoms with E-state index in [9.17, 15) is 33.6 Å². The third-order valence-corrected chi connectivity index (χ3v) is 5.79. The largest absolute Gasteiger partial charge is 0.418 e. The molecule has 1 aromatic carbocycles. The highest BCUT2D eigenvalue weighted by Crippen LogP contribution is 2.35. The zero-order valence-electron chi connectivity index (χ0n) is 18.7. The summed E-state index contributed by atoms with van der Waals surface area (Å²) in [6, 6.07) is 3.76. The summed E-state index contributed by atoms with van der Waals surface area (Å²) in [6.45, 7) is 1.26. The highest BCUT2D eigenvalue weighted by Gasteiger charge is 2.40. The van der Waals surface area contributed by atoms with E-state index in [1.807, 2.05) is 19.0 Å². The number of halogens is 3. The van der Waals surface area contributed by atoms with Crippen molar-refractivity contribution in [2.45, 2.75) is 62.8 Å². The molecule has 0 aliphatic carbocycles. The van der Waals surface area contributed by atoms with Crippen LogP contribution in [-0.4, -0.2) is 94.9 Å². The SMILES string of the molecule is CN(C)Cc1ccc(NCCCCCCN2C[C@H](O)[C@@H](O)[C@H](O)[C@H]2CO)c(C(F)(F)F)c1. The van der Waals surface area contributed by atoms with Gasteiger partial charge in [0.15, 0.2) is 0 Å². The fourth-order valence-corrected chi connectivity index (χ4v) is 4.10. The smallest absolute Gasteiger partial charge is 0.395 e. The second kappa shape index (κ2) is 12.2. The van der Waals surface area contributed by atoms with Gasteiger partial charge in [0.05, 0.1) is 24.3 Å². The molecular formula is C22H36F3N3O4. The van der Waals surface area contributed by atoms with Gasteiger partial charge < -0.3 is 30.6 Å². The molecular weight excluding hydrogens is 427 g/mol. The van der Waals surface area contributed by atoms with Gasteiger partial charge in [0.2, 0.25) is 0 Å². The zero-order valence-corrected chi connectivity index (χ0v) is 18.7. The van der Waals surface area contributed by atoms with Crippen LogP contribution in [0.1, 0.15) is 36.8 Å². The van der Waals surface area contributed by atoms with Crippen molar-refractivity contribution in [3.8, 4) is 0 Å². The fraction of sp³-hybridized carbons (Fsp3) is 0.727. The molecule has 1 fully saturated rings. The van der Waals surface area contributed by atoms with E-state index in [-0.39, 0.29) is 18.8 Å². The molecule has 32 heavy (non-hydrogen) atoms. The summed E-state index contributed by atoms with van der Waals surface area (Å²) in [5.41, 5.74) is 0.0338. The van der Waals surface area contributed by atoms with Gasteiger partial charge in [-0.1, -0.05) is 18.9 Å². The van der Waals surface area contributed by atoms with Gasteiger partial charge >= 0.3 is 6.18 Å². The monoisotopic (exact) mass is 463 g/mol. The molecule has 0 amide bonds. The van der Waals surface area contributed by atoms with Crippen LogP contribution < -0.4 is 5.32 Å². The minimum Gasteiger partial charge on any atom is -0.395 e. The average molecular weight is 464 g/mol. The third kappa shape index (κ3) is 7.57. The highest BCUT2D eigenvalue weighted by molar-refractivity contribution is 5.54. The Balaban J connectivity index is 1.76. The van der Waals surface area contributed by atoms with E-state index in [0.29, 0.717) is 31.6 Å². The minimum absolute atomic E-state index is 0.0839. The Kier molecular flexibility index (Phi) is 10.2. The predicted molar refractivity (Wildman–Crippen MR) is 116 cm³/mol. The van der Waals surface area contributed by atoms with E-state index in [2.05, 4.69) is 5.32 Å². The van der Waals surface area contributed by atoms with Gasteiger partial charge in [-0.2, -0.15) is 13.2 Å². The van der Waals surface area contributed by atoms with Crippen molar-refractivity contribution in [1.29, 1.82) is 0 Å². The summed E-state index contributed by atoms with van der Waals surface area (Å²) in [5.74, 6) is 0. The van der Waals surface area contributed by atoms with Gasteiger partial charge in [-0.15, -0.1) is 0 Å². The van der Waals surface area contributed by atoms with Crippen LogP contribution in [0, 0.1) is 0 Å². The lowest BCUT2D eigenvalue weighted by molar-refractivity contribution is -0.145. The Morgan fingerprint density at radius 1 is 1.06 bits per heavy atom. The fourth-order valence-electron chi connectivity index (χ4n) is 4.10. The van der Waals surface area contributed by atoms with Crippen LogP contribution in [0.4, 0.5) is 18.9 Å². The van der Waals surface area contributed by atoms with Crippen LogP contribution in [0.5, 0.6) is 0 Å². The lowest BCUT2D eigenvalue weighted by Crippen LogP contribution is -2.62. The minimum atomic E-state index is -4.43. The van der Waals surface area contributed by atoms with Crippen LogP contribution in [0.15, 0.2) is 18.2 Å². The normalized spacial score (nSPS) is 24.8. The number of nitrogens with one attached hydrogen (secondary N) is 1. The molecule has 1 aromatic rings. The first kappa shape index (κ1) is 26.8. The number of piperidine rings is 1. The molecule has 4 atom stereocenters. The first-order valence-electron chi connectivity index (χ1n) is 11.0. The number of unbranched alkanes of at least 4 members (excludes halogenated alkanes) is 3. The molecule has 2 rings (SSSR count). The van der Waals surface area contributed by atoms with Crippen molar-refractivity contribution in [1.82, 2.24) is 9.80 Å². The van der Waals surface area contributed by atoms with Crippen LogP contribution in [0.25, 0.3) is 0 Å². The lowest BCUT2D eigenvalue weighted by atomic mass is 9.94. The molecule has 1 saturated heterocycles. The second-order valence-corrected chi connectivity index (χ2v) is 8.75. The van der Waals surface area contributed by atoms with Crippen molar-refractivity contribution in [2.24, 2.45) is 0 Å². The number of aliphatic hydroxyl groups excluding tert-OH is 4. The summed E-state index contributed by atoms with van der Waals surface area (Å²) in [6.07, 6.45) is -4.90. The van der Waals surface area contributed by atoms with Crippen molar-refractivity contribution in [2.75, 3.05) is 45.7 Å². The van der Waals surface area contributed by atoms with Gasteiger partial charge in [-0.05, 0) is 51.2 Å². The summed E-state index contributed by atoms with van der Waals surface area (Å²) < 4.78 is 40.3. The molecule has 7 nitrogen and oxygen atoms in total. The van der Waals surface area contributed by atoms with E-state index in [1.54, 1.807) is 11.0 Å².